The Morgan fingerprint density at radius 2 is 1.92 bits per heavy atom. The van der Waals surface area contributed by atoms with Crippen LogP contribution in [0.1, 0.15) is 27.6 Å². The van der Waals surface area contributed by atoms with E-state index < -0.39 is 18.5 Å². The molecule has 1 aromatic carbocycles. The lowest BCUT2D eigenvalue weighted by Crippen LogP contribution is -2.21. The minimum absolute atomic E-state index is 0.0660. The van der Waals surface area contributed by atoms with Crippen LogP contribution in [-0.4, -0.2) is 29.3 Å². The van der Waals surface area contributed by atoms with E-state index in [0.717, 1.165) is 0 Å². The van der Waals surface area contributed by atoms with Crippen molar-refractivity contribution in [1.29, 1.82) is 0 Å². The van der Waals surface area contributed by atoms with E-state index in [9.17, 15) is 14.4 Å². The third-order valence-corrected chi connectivity index (χ3v) is 3.61. The van der Waals surface area contributed by atoms with E-state index in [1.165, 1.54) is 25.3 Å². The summed E-state index contributed by atoms with van der Waals surface area (Å²) in [6.45, 7) is 0.928. The summed E-state index contributed by atoms with van der Waals surface area (Å²) in [5.74, 6) is -1.42. The molecule has 0 atom stereocenters. The van der Waals surface area contributed by atoms with Crippen molar-refractivity contribution < 1.29 is 19.1 Å². The molecule has 0 bridgehead atoms. The smallest absolute Gasteiger partial charge is 0.340 e. The van der Waals surface area contributed by atoms with Crippen molar-refractivity contribution in [2.45, 2.75) is 6.92 Å². The van der Waals surface area contributed by atoms with E-state index in [0.29, 0.717) is 11.3 Å². The van der Waals surface area contributed by atoms with Crippen LogP contribution in [0, 0.1) is 0 Å². The van der Waals surface area contributed by atoms with Crippen LogP contribution in [0.4, 0.5) is 5.69 Å². The van der Waals surface area contributed by atoms with E-state index in [2.05, 4.69) is 10.3 Å². The fourth-order valence-corrected chi connectivity index (χ4v) is 2.03. The Bertz CT molecular complexity index is 808. The number of ketones is 1. The number of hydrogen-bond acceptors (Lipinski definition) is 5. The fraction of sp³-hybridized carbons (Fsp3) is 0.125. The molecule has 124 valence electrons. The molecule has 0 radical (unpaired) electrons. The van der Waals surface area contributed by atoms with Crippen molar-refractivity contribution in [2.75, 3.05) is 11.9 Å². The van der Waals surface area contributed by atoms with Gasteiger partial charge in [-0.15, -0.1) is 0 Å². The Morgan fingerprint density at radius 3 is 2.58 bits per heavy atom. The van der Waals surface area contributed by atoms with Gasteiger partial charge in [-0.1, -0.05) is 35.3 Å². The fourth-order valence-electron chi connectivity index (χ4n) is 1.76. The Balaban J connectivity index is 1.93. The second-order valence-corrected chi connectivity index (χ2v) is 5.52. The zero-order valence-corrected chi connectivity index (χ0v) is 14.0. The van der Waals surface area contributed by atoms with Crippen LogP contribution >= 0.6 is 23.2 Å². The summed E-state index contributed by atoms with van der Waals surface area (Å²) in [5, 5.41) is 2.71. The molecule has 1 heterocycles. The van der Waals surface area contributed by atoms with Crippen molar-refractivity contribution in [3.63, 3.8) is 0 Å². The zero-order valence-electron chi connectivity index (χ0n) is 12.5. The van der Waals surface area contributed by atoms with Crippen molar-refractivity contribution >= 4 is 46.5 Å². The van der Waals surface area contributed by atoms with Gasteiger partial charge in [0.2, 0.25) is 0 Å². The molecule has 24 heavy (non-hydrogen) atoms. The minimum atomic E-state index is -0.756. The predicted octanol–water partition coefficient (Wildman–Crippen LogP) is 3.39. The zero-order chi connectivity index (χ0) is 17.7. The van der Waals surface area contributed by atoms with Crippen LogP contribution in [0.15, 0.2) is 36.5 Å². The first-order valence-corrected chi connectivity index (χ1v) is 7.51. The number of ether oxygens (including phenoxy) is 1. The molecular weight excluding hydrogens is 355 g/mol. The summed E-state index contributed by atoms with van der Waals surface area (Å²) in [5.41, 5.74) is 0.974. The number of rotatable bonds is 5. The first-order chi connectivity index (χ1) is 11.4. The second-order valence-electron chi connectivity index (χ2n) is 4.76. The molecule has 0 unspecified atom stereocenters. The summed E-state index contributed by atoms with van der Waals surface area (Å²) in [6, 6.07) is 7.72. The Hall–Kier alpha value is -2.44. The van der Waals surface area contributed by atoms with Gasteiger partial charge in [0.1, 0.15) is 5.15 Å². The second kappa shape index (κ2) is 7.90. The lowest BCUT2D eigenvalue weighted by molar-refractivity contribution is -0.119. The topological polar surface area (TPSA) is 85.4 Å². The van der Waals surface area contributed by atoms with Crippen molar-refractivity contribution in [2.24, 2.45) is 0 Å². The highest BCUT2D eigenvalue weighted by Gasteiger charge is 2.13. The van der Waals surface area contributed by atoms with Gasteiger partial charge in [0.05, 0.1) is 10.6 Å². The number of carbonyl (C=O) groups excluding carboxylic acids is 3. The van der Waals surface area contributed by atoms with Gasteiger partial charge >= 0.3 is 5.97 Å². The summed E-state index contributed by atoms with van der Waals surface area (Å²) in [7, 11) is 0. The van der Waals surface area contributed by atoms with Gasteiger partial charge in [0.25, 0.3) is 5.91 Å². The van der Waals surface area contributed by atoms with Gasteiger partial charge in [-0.25, -0.2) is 9.78 Å². The van der Waals surface area contributed by atoms with E-state index in [1.54, 1.807) is 18.2 Å². The van der Waals surface area contributed by atoms with Gasteiger partial charge in [-0.2, -0.15) is 0 Å². The Kier molecular flexibility index (Phi) is 5.89. The van der Waals surface area contributed by atoms with E-state index in [-0.39, 0.29) is 21.5 Å². The van der Waals surface area contributed by atoms with Crippen LogP contribution in [-0.2, 0) is 9.53 Å². The van der Waals surface area contributed by atoms with Crippen LogP contribution in [0.3, 0.4) is 0 Å². The maximum atomic E-state index is 11.8. The third kappa shape index (κ3) is 4.78. The first-order valence-electron chi connectivity index (χ1n) is 6.76. The molecule has 0 aliphatic rings. The van der Waals surface area contributed by atoms with Crippen molar-refractivity contribution in [3.8, 4) is 0 Å². The largest absolute Gasteiger partial charge is 0.452 e. The summed E-state index contributed by atoms with van der Waals surface area (Å²) < 4.78 is 4.88. The van der Waals surface area contributed by atoms with E-state index in [1.807, 2.05) is 0 Å². The molecule has 6 nitrogen and oxygen atoms in total. The molecule has 0 saturated heterocycles. The number of pyridine rings is 1. The highest BCUT2D eigenvalue weighted by atomic mass is 35.5. The average molecular weight is 367 g/mol. The normalized spacial score (nSPS) is 10.1. The highest BCUT2D eigenvalue weighted by molar-refractivity contribution is 6.41. The Morgan fingerprint density at radius 1 is 1.17 bits per heavy atom. The molecule has 0 spiro atoms. The van der Waals surface area contributed by atoms with Gasteiger partial charge in [0.15, 0.2) is 12.4 Å². The monoisotopic (exact) mass is 366 g/mol. The number of hydrogen-bond donors (Lipinski definition) is 1. The number of halogens is 2. The van der Waals surface area contributed by atoms with Gasteiger partial charge in [-0.3, -0.25) is 9.59 Å². The highest BCUT2D eigenvalue weighted by Crippen LogP contribution is 2.20. The number of Topliss-reactive ketones (excluding diaryl/α,β-unsaturated/α-hetero) is 1. The lowest BCUT2D eigenvalue weighted by Gasteiger charge is -2.07. The van der Waals surface area contributed by atoms with Crippen molar-refractivity contribution in [3.05, 3.63) is 57.8 Å². The predicted molar refractivity (Wildman–Crippen MR) is 89.6 cm³/mol. The van der Waals surface area contributed by atoms with E-state index >= 15 is 0 Å². The average Bonchev–Trinajstić information content (AvgIpc) is 2.55. The molecule has 1 amide bonds. The summed E-state index contributed by atoms with van der Waals surface area (Å²) in [4.78, 5) is 38.7. The molecule has 0 aliphatic carbocycles. The molecule has 1 N–H and O–H groups in total. The molecule has 8 heteroatoms. The van der Waals surface area contributed by atoms with Crippen molar-refractivity contribution in [1.82, 2.24) is 4.98 Å². The SMILES string of the molecule is CC(=O)c1cccc(NC(=O)COC(=O)c2cnc(Cl)c(Cl)c2)c1. The maximum Gasteiger partial charge on any atom is 0.340 e. The molecule has 0 aliphatic heterocycles. The number of nitrogens with one attached hydrogen (secondary N) is 1. The van der Waals surface area contributed by atoms with Gasteiger partial charge in [0, 0.05) is 17.4 Å². The number of benzene rings is 1. The minimum Gasteiger partial charge on any atom is -0.452 e. The third-order valence-electron chi connectivity index (χ3n) is 2.92. The number of aromatic nitrogens is 1. The molecule has 2 aromatic rings. The molecular formula is C16H12Cl2N2O4. The van der Waals surface area contributed by atoms with Gasteiger partial charge < -0.3 is 10.1 Å². The number of amides is 1. The quantitative estimate of drug-likeness (QED) is 0.497. The molecule has 0 saturated carbocycles. The number of esters is 1. The molecule has 0 fully saturated rings. The number of carbonyl (C=O) groups is 3. The van der Waals surface area contributed by atoms with Crippen LogP contribution in [0.2, 0.25) is 10.2 Å². The number of anilines is 1. The van der Waals surface area contributed by atoms with Crippen LogP contribution in [0.5, 0.6) is 0 Å². The Labute approximate surface area is 147 Å². The molecule has 1 aromatic heterocycles. The number of nitrogens with zero attached hydrogens (tertiary/aromatic N) is 1. The summed E-state index contributed by atoms with van der Waals surface area (Å²) in [6.07, 6.45) is 1.20. The maximum absolute atomic E-state index is 11.8. The van der Waals surface area contributed by atoms with E-state index in [4.69, 9.17) is 27.9 Å². The van der Waals surface area contributed by atoms with Gasteiger partial charge in [-0.05, 0) is 25.1 Å². The summed E-state index contributed by atoms with van der Waals surface area (Å²) >= 11 is 11.4. The lowest BCUT2D eigenvalue weighted by atomic mass is 10.1. The van der Waals surface area contributed by atoms with Crippen LogP contribution < -0.4 is 5.32 Å². The van der Waals surface area contributed by atoms with Crippen LogP contribution in [0.25, 0.3) is 0 Å². The first kappa shape index (κ1) is 17.9. The molecule has 2 rings (SSSR count). The standard InChI is InChI=1S/C16H12Cl2N2O4/c1-9(21)10-3-2-4-12(5-10)20-14(22)8-24-16(23)11-6-13(17)15(18)19-7-11/h2-7H,8H2,1H3,(H,20,22).